The first kappa shape index (κ1) is 12.5. The number of H-pyrrole nitrogens is 1. The molecule has 7 heteroatoms. The van der Waals surface area contributed by atoms with E-state index < -0.39 is 0 Å². The molecule has 19 heavy (non-hydrogen) atoms. The minimum atomic E-state index is -0.314. The number of amides is 1. The molecule has 3 rings (SSSR count). The number of rotatable bonds is 1. The van der Waals surface area contributed by atoms with E-state index in [-0.39, 0.29) is 22.5 Å². The van der Waals surface area contributed by atoms with E-state index in [4.69, 9.17) is 11.6 Å². The molecule has 2 aliphatic heterocycles. The quantitative estimate of drug-likeness (QED) is 0.788. The zero-order valence-corrected chi connectivity index (χ0v) is 11.1. The number of nitrogens with zero attached hydrogens (tertiary/aromatic N) is 2. The van der Waals surface area contributed by atoms with Crippen LogP contribution in [0.15, 0.2) is 11.1 Å². The molecule has 0 saturated carbocycles. The number of aromatic nitrogens is 2. The Morgan fingerprint density at radius 2 is 2.21 bits per heavy atom. The van der Waals surface area contributed by atoms with Crippen LogP contribution in [-0.4, -0.2) is 35.0 Å². The van der Waals surface area contributed by atoms with Crippen LogP contribution in [0, 0.1) is 5.92 Å². The highest BCUT2D eigenvalue weighted by atomic mass is 35.5. The molecule has 0 aromatic carbocycles. The largest absolute Gasteiger partial charge is 0.355 e. The fraction of sp³-hybridized carbons (Fsp3) is 0.583. The van der Waals surface area contributed by atoms with Crippen molar-refractivity contribution in [3.8, 4) is 0 Å². The molecule has 1 amide bonds. The van der Waals surface area contributed by atoms with Crippen LogP contribution in [0.1, 0.15) is 19.3 Å². The number of carbonyl (C=O) groups is 1. The molecule has 0 bridgehead atoms. The lowest BCUT2D eigenvalue weighted by atomic mass is 9.85. The van der Waals surface area contributed by atoms with Crippen LogP contribution >= 0.6 is 11.6 Å². The number of hydrogen-bond acceptors (Lipinski definition) is 4. The van der Waals surface area contributed by atoms with E-state index in [0.717, 1.165) is 25.9 Å². The van der Waals surface area contributed by atoms with Crippen molar-refractivity contribution in [2.75, 3.05) is 18.0 Å². The van der Waals surface area contributed by atoms with Crippen LogP contribution < -0.4 is 15.8 Å². The molecule has 2 unspecified atom stereocenters. The Hall–Kier alpha value is -1.56. The van der Waals surface area contributed by atoms with Crippen molar-refractivity contribution in [3.63, 3.8) is 0 Å². The highest BCUT2D eigenvalue weighted by Gasteiger charge is 2.34. The van der Waals surface area contributed by atoms with Gasteiger partial charge in [0.25, 0.3) is 5.56 Å². The minimum Gasteiger partial charge on any atom is -0.355 e. The average molecular weight is 283 g/mol. The van der Waals surface area contributed by atoms with Gasteiger partial charge >= 0.3 is 0 Å². The van der Waals surface area contributed by atoms with Crippen LogP contribution in [0.3, 0.4) is 0 Å². The topological polar surface area (TPSA) is 78.1 Å². The van der Waals surface area contributed by atoms with Gasteiger partial charge in [-0.05, 0) is 18.8 Å². The standard InChI is InChI=1S/C12H15ClN4O2/c13-10-11(14-6-15-12(10)19)17-4-3-8-7(5-17)1-2-9(18)16-8/h6-8H,1-5H2,(H,16,18)(H,14,15,19). The fourth-order valence-corrected chi connectivity index (χ4v) is 3.12. The summed E-state index contributed by atoms with van der Waals surface area (Å²) in [5.74, 6) is 1.09. The number of anilines is 1. The molecule has 0 spiro atoms. The SMILES string of the molecule is O=C1CCC2CN(c3nc[nH]c(=O)c3Cl)CCC2N1. The summed E-state index contributed by atoms with van der Waals surface area (Å²) in [6.07, 6.45) is 3.69. The van der Waals surface area contributed by atoms with Gasteiger partial charge in [0, 0.05) is 25.6 Å². The minimum absolute atomic E-state index is 0.140. The van der Waals surface area contributed by atoms with Gasteiger partial charge in [-0.2, -0.15) is 0 Å². The van der Waals surface area contributed by atoms with E-state index >= 15 is 0 Å². The van der Waals surface area contributed by atoms with Crippen molar-refractivity contribution < 1.29 is 4.79 Å². The molecular weight excluding hydrogens is 268 g/mol. The highest BCUT2D eigenvalue weighted by Crippen LogP contribution is 2.29. The number of piperidine rings is 2. The first-order chi connectivity index (χ1) is 9.15. The molecule has 2 aliphatic rings. The van der Waals surface area contributed by atoms with Crippen molar-refractivity contribution >= 4 is 23.3 Å². The molecule has 0 radical (unpaired) electrons. The van der Waals surface area contributed by atoms with Crippen LogP contribution in [0.25, 0.3) is 0 Å². The van der Waals surface area contributed by atoms with Gasteiger partial charge in [0.1, 0.15) is 5.02 Å². The lowest BCUT2D eigenvalue weighted by molar-refractivity contribution is -0.124. The molecule has 2 saturated heterocycles. The Bertz CT molecular complexity index is 559. The summed E-state index contributed by atoms with van der Waals surface area (Å²) < 4.78 is 0. The first-order valence-electron chi connectivity index (χ1n) is 6.42. The molecule has 6 nitrogen and oxygen atoms in total. The van der Waals surface area contributed by atoms with E-state index in [2.05, 4.69) is 15.3 Å². The van der Waals surface area contributed by atoms with Gasteiger partial charge in [-0.1, -0.05) is 11.6 Å². The second-order valence-electron chi connectivity index (χ2n) is 5.08. The zero-order chi connectivity index (χ0) is 13.4. The number of nitrogens with one attached hydrogen (secondary N) is 2. The lowest BCUT2D eigenvalue weighted by Crippen LogP contribution is -2.54. The maximum Gasteiger partial charge on any atom is 0.271 e. The van der Waals surface area contributed by atoms with E-state index in [9.17, 15) is 9.59 Å². The van der Waals surface area contributed by atoms with Gasteiger partial charge < -0.3 is 15.2 Å². The summed E-state index contributed by atoms with van der Waals surface area (Å²) >= 11 is 6.01. The lowest BCUT2D eigenvalue weighted by Gasteiger charge is -2.41. The summed E-state index contributed by atoms with van der Waals surface area (Å²) in [7, 11) is 0. The Morgan fingerprint density at radius 3 is 3.05 bits per heavy atom. The summed E-state index contributed by atoms with van der Waals surface area (Å²) in [4.78, 5) is 31.5. The molecule has 2 atom stereocenters. The normalized spacial score (nSPS) is 26.8. The van der Waals surface area contributed by atoms with Crippen LogP contribution in [-0.2, 0) is 4.79 Å². The van der Waals surface area contributed by atoms with E-state index in [1.807, 2.05) is 4.90 Å². The third-order valence-corrected chi connectivity index (χ3v) is 4.24. The monoisotopic (exact) mass is 282 g/mol. The maximum atomic E-state index is 11.5. The van der Waals surface area contributed by atoms with Crippen molar-refractivity contribution in [2.45, 2.75) is 25.3 Å². The van der Waals surface area contributed by atoms with Crippen LogP contribution in [0.2, 0.25) is 5.02 Å². The van der Waals surface area contributed by atoms with Gasteiger partial charge in [-0.15, -0.1) is 0 Å². The second kappa shape index (κ2) is 4.85. The molecule has 1 aromatic rings. The molecule has 102 valence electrons. The van der Waals surface area contributed by atoms with E-state index in [1.165, 1.54) is 6.33 Å². The number of aromatic amines is 1. The molecule has 0 aliphatic carbocycles. The van der Waals surface area contributed by atoms with Crippen LogP contribution in [0.5, 0.6) is 0 Å². The maximum absolute atomic E-state index is 11.5. The Balaban J connectivity index is 1.80. The smallest absolute Gasteiger partial charge is 0.271 e. The van der Waals surface area contributed by atoms with Gasteiger partial charge in [0.2, 0.25) is 5.91 Å². The first-order valence-corrected chi connectivity index (χ1v) is 6.80. The second-order valence-corrected chi connectivity index (χ2v) is 5.45. The van der Waals surface area contributed by atoms with Gasteiger partial charge in [0.05, 0.1) is 6.33 Å². The summed E-state index contributed by atoms with van der Waals surface area (Å²) in [5.41, 5.74) is -0.314. The van der Waals surface area contributed by atoms with Gasteiger partial charge in [-0.25, -0.2) is 4.98 Å². The highest BCUT2D eigenvalue weighted by molar-refractivity contribution is 6.32. The van der Waals surface area contributed by atoms with Gasteiger partial charge in [0.15, 0.2) is 5.82 Å². The molecule has 2 fully saturated rings. The van der Waals surface area contributed by atoms with Crippen molar-refractivity contribution in [2.24, 2.45) is 5.92 Å². The summed E-state index contributed by atoms with van der Waals surface area (Å²) in [6, 6.07) is 0.248. The van der Waals surface area contributed by atoms with Crippen LogP contribution in [0.4, 0.5) is 5.82 Å². The molecule has 2 N–H and O–H groups in total. The van der Waals surface area contributed by atoms with Crippen molar-refractivity contribution in [1.82, 2.24) is 15.3 Å². The molecule has 1 aromatic heterocycles. The Kier molecular flexibility index (Phi) is 3.18. The third kappa shape index (κ3) is 2.32. The van der Waals surface area contributed by atoms with Crippen molar-refractivity contribution in [1.29, 1.82) is 0 Å². The Labute approximate surface area is 115 Å². The van der Waals surface area contributed by atoms with Crippen molar-refractivity contribution in [3.05, 3.63) is 21.7 Å². The number of halogens is 1. The number of fused-ring (bicyclic) bond motifs is 1. The zero-order valence-electron chi connectivity index (χ0n) is 10.4. The van der Waals surface area contributed by atoms with E-state index in [0.29, 0.717) is 18.2 Å². The average Bonchev–Trinajstić information content (AvgIpc) is 2.41. The fourth-order valence-electron chi connectivity index (χ4n) is 2.90. The summed E-state index contributed by atoms with van der Waals surface area (Å²) in [6.45, 7) is 1.53. The number of hydrogen-bond donors (Lipinski definition) is 2. The van der Waals surface area contributed by atoms with E-state index in [1.54, 1.807) is 0 Å². The predicted octanol–water partition coefficient (Wildman–Crippen LogP) is 0.528. The predicted molar refractivity (Wildman–Crippen MR) is 71.4 cm³/mol. The molecular formula is C12H15ClN4O2. The molecule has 3 heterocycles. The Morgan fingerprint density at radius 1 is 1.37 bits per heavy atom. The third-order valence-electron chi connectivity index (χ3n) is 3.90. The van der Waals surface area contributed by atoms with Gasteiger partial charge in [-0.3, -0.25) is 9.59 Å². The number of carbonyl (C=O) groups excluding carboxylic acids is 1. The summed E-state index contributed by atoms with van der Waals surface area (Å²) in [5, 5.41) is 3.17.